The number of benzene rings is 3. The summed E-state index contributed by atoms with van der Waals surface area (Å²) in [4.78, 5) is 25.1. The molecule has 2 heterocycles. The van der Waals surface area contributed by atoms with Crippen LogP contribution in [0.3, 0.4) is 0 Å². The van der Waals surface area contributed by atoms with E-state index in [1.165, 1.54) is 6.07 Å². The number of carboxylic acids is 1. The molecule has 5 rings (SSSR count). The summed E-state index contributed by atoms with van der Waals surface area (Å²) >= 11 is 0. The number of carbonyl (C=O) groups excluding carboxylic acids is 1. The molecule has 0 saturated heterocycles. The fraction of sp³-hybridized carbons (Fsp3) is 0.200. The molecule has 1 aliphatic heterocycles. The van der Waals surface area contributed by atoms with Crippen LogP contribution in [0.15, 0.2) is 59.5 Å². The minimum atomic E-state index is -3.87. The molecular weight excluding hydrogens is 445 g/mol. The quantitative estimate of drug-likeness (QED) is 0.437. The van der Waals surface area contributed by atoms with E-state index in [-0.39, 0.29) is 22.3 Å². The van der Waals surface area contributed by atoms with Gasteiger partial charge in [0.1, 0.15) is 5.82 Å². The van der Waals surface area contributed by atoms with Crippen LogP contribution in [-0.4, -0.2) is 36.1 Å². The Morgan fingerprint density at radius 2 is 1.82 bits per heavy atom. The normalized spacial score (nSPS) is 15.8. The van der Waals surface area contributed by atoms with Crippen LogP contribution in [0.5, 0.6) is 0 Å². The van der Waals surface area contributed by atoms with Gasteiger partial charge in [-0.3, -0.25) is 9.59 Å². The lowest BCUT2D eigenvalue weighted by Crippen LogP contribution is -2.10. The molecule has 1 N–H and O–H groups in total. The van der Waals surface area contributed by atoms with Gasteiger partial charge in [-0.25, -0.2) is 12.8 Å². The summed E-state index contributed by atoms with van der Waals surface area (Å²) in [5.41, 5.74) is 1.25. The molecule has 1 aromatic heterocycles. The lowest BCUT2D eigenvalue weighted by Gasteiger charge is -2.11. The van der Waals surface area contributed by atoms with Crippen LogP contribution in [0.1, 0.15) is 40.4 Å². The van der Waals surface area contributed by atoms with E-state index in [2.05, 4.69) is 0 Å². The van der Waals surface area contributed by atoms with Gasteiger partial charge in [0.2, 0.25) is 0 Å². The lowest BCUT2D eigenvalue weighted by atomic mass is 9.91. The van der Waals surface area contributed by atoms with E-state index in [4.69, 9.17) is 0 Å². The number of aromatic nitrogens is 1. The minimum Gasteiger partial charge on any atom is -0.481 e. The van der Waals surface area contributed by atoms with Crippen molar-refractivity contribution in [2.75, 3.05) is 6.26 Å². The van der Waals surface area contributed by atoms with E-state index in [1.54, 1.807) is 16.7 Å². The molecule has 0 amide bonds. The van der Waals surface area contributed by atoms with Gasteiger partial charge >= 0.3 is 5.97 Å². The van der Waals surface area contributed by atoms with Crippen molar-refractivity contribution < 1.29 is 27.5 Å². The summed E-state index contributed by atoms with van der Waals surface area (Å²) in [6, 6.07) is 14.9. The summed E-state index contributed by atoms with van der Waals surface area (Å²) < 4.78 is 41.3. The number of carboxylic acid groups (broad SMARTS) is 1. The molecule has 0 saturated carbocycles. The molecule has 0 aliphatic carbocycles. The maximum atomic E-state index is 14.5. The number of sulfone groups is 1. The maximum absolute atomic E-state index is 14.5. The molecule has 1 atom stereocenters. The van der Waals surface area contributed by atoms with Crippen LogP contribution in [-0.2, 0) is 21.2 Å². The van der Waals surface area contributed by atoms with Crippen LogP contribution in [0.2, 0.25) is 0 Å². The number of halogens is 1. The van der Waals surface area contributed by atoms with Gasteiger partial charge in [0, 0.05) is 35.4 Å². The fourth-order valence-corrected chi connectivity index (χ4v) is 5.82. The van der Waals surface area contributed by atoms with Gasteiger partial charge in [-0.05, 0) is 35.4 Å². The van der Waals surface area contributed by atoms with Crippen LogP contribution >= 0.6 is 0 Å². The number of fused-ring (bicyclic) bond motifs is 4. The van der Waals surface area contributed by atoms with E-state index in [1.807, 2.05) is 30.3 Å². The second kappa shape index (κ2) is 7.52. The zero-order chi connectivity index (χ0) is 23.5. The van der Waals surface area contributed by atoms with Crippen LogP contribution in [0.25, 0.3) is 21.7 Å². The first kappa shape index (κ1) is 21.3. The van der Waals surface area contributed by atoms with E-state index in [0.717, 1.165) is 23.1 Å². The van der Waals surface area contributed by atoms with Crippen molar-refractivity contribution in [2.45, 2.75) is 30.2 Å². The van der Waals surface area contributed by atoms with Crippen molar-refractivity contribution in [3.63, 3.8) is 0 Å². The van der Waals surface area contributed by atoms with Gasteiger partial charge in [0.15, 0.2) is 15.6 Å². The third kappa shape index (κ3) is 3.51. The Balaban J connectivity index is 1.84. The van der Waals surface area contributed by atoms with Gasteiger partial charge < -0.3 is 9.67 Å². The largest absolute Gasteiger partial charge is 0.481 e. The molecule has 3 aromatic carbocycles. The van der Waals surface area contributed by atoms with Crippen LogP contribution in [0.4, 0.5) is 4.39 Å². The SMILES string of the molecule is CS(=O)(=O)c1cc(F)cc2c1c(C(=O)c1ccc3ccccc3c1)c1n2CCC1CC(=O)O. The Morgan fingerprint density at radius 1 is 1.09 bits per heavy atom. The Hall–Kier alpha value is -3.52. The average Bonchev–Trinajstić information content (AvgIpc) is 3.30. The highest BCUT2D eigenvalue weighted by Gasteiger charge is 2.36. The van der Waals surface area contributed by atoms with Gasteiger partial charge in [0.25, 0.3) is 0 Å². The van der Waals surface area contributed by atoms with Gasteiger partial charge in [-0.15, -0.1) is 0 Å². The van der Waals surface area contributed by atoms with Crippen molar-refractivity contribution in [1.82, 2.24) is 4.57 Å². The highest BCUT2D eigenvalue weighted by Crippen LogP contribution is 2.43. The van der Waals surface area contributed by atoms with Crippen LogP contribution < -0.4 is 0 Å². The monoisotopic (exact) mass is 465 g/mol. The number of aliphatic carboxylic acids is 1. The third-order valence-electron chi connectivity index (χ3n) is 6.28. The number of aryl methyl sites for hydroxylation is 1. The molecular formula is C25H20FNO5S. The molecule has 8 heteroatoms. The van der Waals surface area contributed by atoms with Gasteiger partial charge in [-0.1, -0.05) is 36.4 Å². The molecule has 6 nitrogen and oxygen atoms in total. The Morgan fingerprint density at radius 3 is 2.52 bits per heavy atom. The van der Waals surface area contributed by atoms with E-state index in [9.17, 15) is 27.5 Å². The topological polar surface area (TPSA) is 93.4 Å². The van der Waals surface area contributed by atoms with E-state index < -0.39 is 33.3 Å². The standard InChI is InChI=1S/C25H20FNO5S/c1-33(31,32)20-13-18(26)12-19-22(20)23(24-16(11-21(28)29)8-9-27(19)24)25(30)17-7-6-14-4-2-3-5-15(14)10-17/h2-7,10,12-13,16H,8-9,11H2,1H3,(H,28,29). The fourth-order valence-electron chi connectivity index (χ4n) is 4.92. The number of carbonyl (C=O) groups is 2. The number of hydrogen-bond donors (Lipinski definition) is 1. The first-order valence-electron chi connectivity index (χ1n) is 10.5. The van der Waals surface area contributed by atoms with Crippen molar-refractivity contribution in [2.24, 2.45) is 0 Å². The molecule has 0 fully saturated rings. The van der Waals surface area contributed by atoms with Crippen LogP contribution in [0, 0.1) is 5.82 Å². The molecule has 1 unspecified atom stereocenters. The summed E-state index contributed by atoms with van der Waals surface area (Å²) in [7, 11) is -3.87. The first-order valence-corrected chi connectivity index (χ1v) is 12.4. The second-order valence-electron chi connectivity index (χ2n) is 8.46. The molecule has 0 spiro atoms. The molecule has 0 bridgehead atoms. The van der Waals surface area contributed by atoms with Crippen molar-refractivity contribution in [1.29, 1.82) is 0 Å². The summed E-state index contributed by atoms with van der Waals surface area (Å²) in [6.45, 7) is 0.376. The highest BCUT2D eigenvalue weighted by atomic mass is 32.2. The van der Waals surface area contributed by atoms with Gasteiger partial charge in [-0.2, -0.15) is 0 Å². The zero-order valence-corrected chi connectivity index (χ0v) is 18.5. The summed E-state index contributed by atoms with van der Waals surface area (Å²) in [6.07, 6.45) is 1.24. The molecule has 0 radical (unpaired) electrons. The zero-order valence-electron chi connectivity index (χ0n) is 17.7. The Labute approximate surface area is 189 Å². The molecule has 33 heavy (non-hydrogen) atoms. The number of rotatable bonds is 5. The molecule has 1 aliphatic rings. The number of nitrogens with zero attached hydrogens (tertiary/aromatic N) is 1. The predicted octanol–water partition coefficient (Wildman–Crippen LogP) is 4.53. The van der Waals surface area contributed by atoms with Crippen molar-refractivity contribution >= 4 is 43.3 Å². The lowest BCUT2D eigenvalue weighted by molar-refractivity contribution is -0.137. The third-order valence-corrected chi connectivity index (χ3v) is 7.40. The second-order valence-corrected chi connectivity index (χ2v) is 10.4. The minimum absolute atomic E-state index is 0.143. The molecule has 4 aromatic rings. The Bertz CT molecular complexity index is 1590. The summed E-state index contributed by atoms with van der Waals surface area (Å²) in [5.74, 6) is -2.63. The molecule has 168 valence electrons. The van der Waals surface area contributed by atoms with E-state index >= 15 is 0 Å². The van der Waals surface area contributed by atoms with Gasteiger partial charge in [0.05, 0.1) is 22.4 Å². The maximum Gasteiger partial charge on any atom is 0.304 e. The first-order chi connectivity index (χ1) is 15.6. The highest BCUT2D eigenvalue weighted by molar-refractivity contribution is 7.91. The Kier molecular flexibility index (Phi) is 4.86. The summed E-state index contributed by atoms with van der Waals surface area (Å²) in [5, 5.41) is 11.4. The smallest absolute Gasteiger partial charge is 0.304 e. The number of hydrogen-bond acceptors (Lipinski definition) is 4. The average molecular weight is 466 g/mol. The predicted molar refractivity (Wildman–Crippen MR) is 122 cm³/mol. The van der Waals surface area contributed by atoms with E-state index in [0.29, 0.717) is 29.7 Å². The van der Waals surface area contributed by atoms with Crippen molar-refractivity contribution in [3.05, 3.63) is 77.2 Å². The van der Waals surface area contributed by atoms with Crippen molar-refractivity contribution in [3.8, 4) is 0 Å². The number of ketones is 1.